The van der Waals surface area contributed by atoms with Gasteiger partial charge in [0.2, 0.25) is 5.91 Å². The number of ether oxygens (including phenoxy) is 2. The number of guanidine groups is 1. The van der Waals surface area contributed by atoms with Crippen LogP contribution in [-0.4, -0.2) is 69.3 Å². The van der Waals surface area contributed by atoms with Gasteiger partial charge >= 0.3 is 0 Å². The Labute approximate surface area is 181 Å². The van der Waals surface area contributed by atoms with Crippen molar-refractivity contribution < 1.29 is 14.3 Å². The van der Waals surface area contributed by atoms with Crippen LogP contribution >= 0.6 is 0 Å². The average molecular weight is 419 g/mol. The number of likely N-dealkylation sites (N-methyl/N-ethyl adjacent to an activating group) is 1. The molecule has 30 heavy (non-hydrogen) atoms. The Morgan fingerprint density at radius 2 is 1.83 bits per heavy atom. The van der Waals surface area contributed by atoms with E-state index in [9.17, 15) is 4.79 Å². The van der Waals surface area contributed by atoms with Gasteiger partial charge in [0.25, 0.3) is 0 Å². The van der Waals surface area contributed by atoms with Gasteiger partial charge in [0.15, 0.2) is 5.96 Å². The summed E-state index contributed by atoms with van der Waals surface area (Å²) in [6.45, 7) is 5.05. The first-order valence-corrected chi connectivity index (χ1v) is 10.9. The number of carbonyl (C=O) groups is 1. The Balaban J connectivity index is 1.88. The van der Waals surface area contributed by atoms with E-state index in [-0.39, 0.29) is 18.6 Å². The first-order valence-electron chi connectivity index (χ1n) is 10.9. The van der Waals surface area contributed by atoms with Gasteiger partial charge in [-0.3, -0.25) is 4.79 Å². The maximum atomic E-state index is 12.0. The zero-order valence-electron chi connectivity index (χ0n) is 19.1. The molecule has 0 spiro atoms. The molecule has 0 heterocycles. The smallest absolute Gasteiger partial charge is 0.243 e. The number of hydrogen-bond donors (Lipinski definition) is 2. The molecule has 0 unspecified atom stereocenters. The van der Waals surface area contributed by atoms with Crippen LogP contribution < -0.4 is 15.4 Å². The average Bonchev–Trinajstić information content (AvgIpc) is 2.73. The SMILES string of the molecule is COc1ccc(CCNC(=NCC(=O)N(C)C)NC2CCC(OC(C)C)CC2)cc1. The molecule has 0 saturated heterocycles. The van der Waals surface area contributed by atoms with Crippen molar-refractivity contribution >= 4 is 11.9 Å². The number of amides is 1. The molecule has 1 amide bonds. The van der Waals surface area contributed by atoms with E-state index in [1.165, 1.54) is 5.56 Å². The van der Waals surface area contributed by atoms with Crippen LogP contribution in [0.25, 0.3) is 0 Å². The lowest BCUT2D eigenvalue weighted by Crippen LogP contribution is -2.46. The highest BCUT2D eigenvalue weighted by atomic mass is 16.5. The predicted molar refractivity (Wildman–Crippen MR) is 121 cm³/mol. The molecule has 0 aliphatic heterocycles. The molecule has 0 aromatic heterocycles. The lowest BCUT2D eigenvalue weighted by atomic mass is 9.93. The zero-order valence-corrected chi connectivity index (χ0v) is 19.1. The standard InChI is InChI=1S/C23H38N4O3/c1-17(2)30-21-12-8-19(9-13-21)26-23(25-16-22(28)27(3)4)24-15-14-18-6-10-20(29-5)11-7-18/h6-7,10-11,17,19,21H,8-9,12-16H2,1-5H3,(H2,24,25,26). The van der Waals surface area contributed by atoms with E-state index in [1.807, 2.05) is 12.1 Å². The number of benzene rings is 1. The molecule has 1 fully saturated rings. The molecule has 1 saturated carbocycles. The maximum absolute atomic E-state index is 12.0. The summed E-state index contributed by atoms with van der Waals surface area (Å²) >= 11 is 0. The molecular weight excluding hydrogens is 380 g/mol. The van der Waals surface area contributed by atoms with E-state index in [1.54, 1.807) is 26.1 Å². The van der Waals surface area contributed by atoms with Gasteiger partial charge in [-0.2, -0.15) is 0 Å². The third kappa shape index (κ3) is 8.61. The van der Waals surface area contributed by atoms with Gasteiger partial charge in [-0.1, -0.05) is 12.1 Å². The Kier molecular flexibility index (Phi) is 9.94. The van der Waals surface area contributed by atoms with Gasteiger partial charge in [-0.15, -0.1) is 0 Å². The Morgan fingerprint density at radius 1 is 1.17 bits per heavy atom. The van der Waals surface area contributed by atoms with Crippen LogP contribution in [0.15, 0.2) is 29.3 Å². The number of carbonyl (C=O) groups excluding carboxylic acids is 1. The van der Waals surface area contributed by atoms with Crippen molar-refractivity contribution in [3.63, 3.8) is 0 Å². The Bertz CT molecular complexity index is 666. The molecule has 7 heteroatoms. The van der Waals surface area contributed by atoms with Gasteiger partial charge in [-0.25, -0.2) is 4.99 Å². The summed E-state index contributed by atoms with van der Waals surface area (Å²) in [5.41, 5.74) is 1.22. The monoisotopic (exact) mass is 418 g/mol. The number of nitrogens with zero attached hydrogens (tertiary/aromatic N) is 2. The minimum Gasteiger partial charge on any atom is -0.497 e. The highest BCUT2D eigenvalue weighted by molar-refractivity contribution is 5.84. The second kappa shape index (κ2) is 12.4. The molecule has 2 rings (SSSR count). The third-order valence-corrected chi connectivity index (χ3v) is 5.22. The maximum Gasteiger partial charge on any atom is 0.243 e. The predicted octanol–water partition coefficient (Wildman–Crippen LogP) is 2.60. The minimum atomic E-state index is -0.0136. The fourth-order valence-corrected chi connectivity index (χ4v) is 3.48. The van der Waals surface area contributed by atoms with Crippen LogP contribution in [0.4, 0.5) is 0 Å². The summed E-state index contributed by atoms with van der Waals surface area (Å²) in [5.74, 6) is 1.54. The summed E-state index contributed by atoms with van der Waals surface area (Å²) in [4.78, 5) is 18.1. The molecule has 0 radical (unpaired) electrons. The molecule has 1 aliphatic rings. The van der Waals surface area contributed by atoms with Gasteiger partial charge in [-0.05, 0) is 63.6 Å². The zero-order chi connectivity index (χ0) is 21.9. The molecule has 168 valence electrons. The van der Waals surface area contributed by atoms with Crippen LogP contribution in [0.1, 0.15) is 45.1 Å². The largest absolute Gasteiger partial charge is 0.497 e. The summed E-state index contributed by atoms with van der Waals surface area (Å²) in [6.07, 6.45) is 5.66. The van der Waals surface area contributed by atoms with Crippen molar-refractivity contribution in [1.29, 1.82) is 0 Å². The lowest BCUT2D eigenvalue weighted by Gasteiger charge is -2.31. The van der Waals surface area contributed by atoms with Gasteiger partial charge < -0.3 is 25.0 Å². The molecule has 0 atom stereocenters. The van der Waals surface area contributed by atoms with Crippen LogP contribution in [0, 0.1) is 0 Å². The van der Waals surface area contributed by atoms with E-state index in [0.29, 0.717) is 18.1 Å². The topological polar surface area (TPSA) is 75.2 Å². The number of methoxy groups -OCH3 is 1. The quantitative estimate of drug-likeness (QED) is 0.476. The van der Waals surface area contributed by atoms with Crippen molar-refractivity contribution in [1.82, 2.24) is 15.5 Å². The first-order chi connectivity index (χ1) is 14.4. The van der Waals surface area contributed by atoms with Crippen LogP contribution in [0.5, 0.6) is 5.75 Å². The van der Waals surface area contributed by atoms with E-state index >= 15 is 0 Å². The summed E-state index contributed by atoms with van der Waals surface area (Å²) in [7, 11) is 5.17. The van der Waals surface area contributed by atoms with E-state index < -0.39 is 0 Å². The van der Waals surface area contributed by atoms with Crippen molar-refractivity contribution in [2.45, 2.75) is 64.2 Å². The third-order valence-electron chi connectivity index (χ3n) is 5.22. The van der Waals surface area contributed by atoms with Crippen LogP contribution in [-0.2, 0) is 16.0 Å². The normalized spacial score (nSPS) is 19.5. The van der Waals surface area contributed by atoms with E-state index in [0.717, 1.165) is 44.4 Å². The molecule has 0 bridgehead atoms. The highest BCUT2D eigenvalue weighted by Gasteiger charge is 2.23. The fraction of sp³-hybridized carbons (Fsp3) is 0.652. The van der Waals surface area contributed by atoms with Crippen LogP contribution in [0.2, 0.25) is 0 Å². The van der Waals surface area contributed by atoms with E-state index in [2.05, 4.69) is 41.6 Å². The van der Waals surface area contributed by atoms with Gasteiger partial charge in [0.05, 0.1) is 19.3 Å². The van der Waals surface area contributed by atoms with Gasteiger partial charge in [0, 0.05) is 26.7 Å². The Hall–Kier alpha value is -2.28. The number of rotatable bonds is 9. The second-order valence-electron chi connectivity index (χ2n) is 8.28. The van der Waals surface area contributed by atoms with E-state index in [4.69, 9.17) is 9.47 Å². The molecule has 1 aromatic carbocycles. The van der Waals surface area contributed by atoms with Crippen molar-refractivity contribution in [2.75, 3.05) is 34.3 Å². The number of hydrogen-bond acceptors (Lipinski definition) is 4. The Morgan fingerprint density at radius 3 is 2.40 bits per heavy atom. The molecule has 1 aromatic rings. The molecular formula is C23H38N4O3. The van der Waals surface area contributed by atoms with Crippen LogP contribution in [0.3, 0.4) is 0 Å². The number of aliphatic imine (C=N–C) groups is 1. The summed E-state index contributed by atoms with van der Waals surface area (Å²) in [6, 6.07) is 8.41. The lowest BCUT2D eigenvalue weighted by molar-refractivity contribution is -0.127. The van der Waals surface area contributed by atoms with Gasteiger partial charge in [0.1, 0.15) is 12.3 Å². The second-order valence-corrected chi connectivity index (χ2v) is 8.28. The first kappa shape index (κ1) is 24.0. The summed E-state index contributed by atoms with van der Waals surface area (Å²) < 4.78 is 11.2. The molecule has 1 aliphatic carbocycles. The highest BCUT2D eigenvalue weighted by Crippen LogP contribution is 2.22. The summed E-state index contributed by atoms with van der Waals surface area (Å²) in [5, 5.41) is 6.91. The van der Waals surface area contributed by atoms with Crippen molar-refractivity contribution in [3.05, 3.63) is 29.8 Å². The fourth-order valence-electron chi connectivity index (χ4n) is 3.48. The van der Waals surface area contributed by atoms with Crippen molar-refractivity contribution in [3.8, 4) is 5.75 Å². The number of nitrogens with one attached hydrogen (secondary N) is 2. The minimum absolute atomic E-state index is 0.0136. The molecule has 7 nitrogen and oxygen atoms in total. The van der Waals surface area contributed by atoms with Crippen molar-refractivity contribution in [2.24, 2.45) is 4.99 Å². The molecule has 2 N–H and O–H groups in total.